The molecule has 0 saturated carbocycles. The Kier molecular flexibility index (Phi) is 3.58. The summed E-state index contributed by atoms with van der Waals surface area (Å²) < 4.78 is 5.15. The summed E-state index contributed by atoms with van der Waals surface area (Å²) in [4.78, 5) is 0. The van der Waals surface area contributed by atoms with Crippen molar-refractivity contribution in [3.05, 3.63) is 23.8 Å². The fourth-order valence-electron chi connectivity index (χ4n) is 1.54. The Bertz CT molecular complexity index is 334. The molecule has 1 aromatic carbocycles. The van der Waals surface area contributed by atoms with Crippen LogP contribution < -0.4 is 11.1 Å². The van der Waals surface area contributed by atoms with Crippen LogP contribution in [0.2, 0.25) is 0 Å². The first-order valence-corrected chi connectivity index (χ1v) is 5.08. The van der Waals surface area contributed by atoms with Crippen LogP contribution in [0.15, 0.2) is 18.2 Å². The van der Waals surface area contributed by atoms with Crippen molar-refractivity contribution in [2.24, 2.45) is 0 Å². The summed E-state index contributed by atoms with van der Waals surface area (Å²) in [6.45, 7) is 6.85. The third kappa shape index (κ3) is 3.44. The molecule has 0 atom stereocenters. The van der Waals surface area contributed by atoms with E-state index in [0.29, 0.717) is 6.61 Å². The lowest BCUT2D eigenvalue weighted by molar-refractivity contribution is 0.158. The van der Waals surface area contributed by atoms with E-state index in [0.717, 1.165) is 11.4 Å². The van der Waals surface area contributed by atoms with E-state index < -0.39 is 0 Å². The highest BCUT2D eigenvalue weighted by Gasteiger charge is 2.17. The van der Waals surface area contributed by atoms with Gasteiger partial charge in [0.05, 0.1) is 23.5 Å². The molecule has 0 aromatic heterocycles. The summed E-state index contributed by atoms with van der Waals surface area (Å²) in [5.74, 6) is 0. The van der Waals surface area contributed by atoms with Crippen molar-refractivity contribution in [3.63, 3.8) is 0 Å². The zero-order valence-corrected chi connectivity index (χ0v) is 9.92. The van der Waals surface area contributed by atoms with Crippen molar-refractivity contribution in [1.29, 1.82) is 0 Å². The van der Waals surface area contributed by atoms with Crippen molar-refractivity contribution in [2.45, 2.75) is 26.3 Å². The van der Waals surface area contributed by atoms with E-state index in [1.807, 2.05) is 25.1 Å². The summed E-state index contributed by atoms with van der Waals surface area (Å²) >= 11 is 0. The van der Waals surface area contributed by atoms with Crippen molar-refractivity contribution in [3.8, 4) is 0 Å². The maximum Gasteiger partial charge on any atom is 0.0687 e. The number of nitrogen functional groups attached to an aromatic ring is 1. The first-order chi connectivity index (χ1) is 6.94. The molecule has 0 fully saturated rings. The minimum atomic E-state index is -0.114. The molecule has 0 heterocycles. The summed E-state index contributed by atoms with van der Waals surface area (Å²) in [6, 6.07) is 5.97. The molecule has 0 aliphatic rings. The molecule has 0 aliphatic carbocycles. The molecule has 0 aliphatic heterocycles. The fraction of sp³-hybridized carbons (Fsp3) is 0.500. The van der Waals surface area contributed by atoms with Gasteiger partial charge in [0.2, 0.25) is 0 Å². The number of hydrogen-bond donors (Lipinski definition) is 2. The standard InChI is InChI=1S/C12H20N2O/c1-9-5-6-10(13)11(7-9)14-12(2,3)8-15-4/h5-7,14H,8,13H2,1-4H3. The number of aryl methyl sites for hydroxylation is 1. The third-order valence-electron chi connectivity index (χ3n) is 2.19. The highest BCUT2D eigenvalue weighted by atomic mass is 16.5. The molecule has 3 nitrogen and oxygen atoms in total. The van der Waals surface area contributed by atoms with E-state index in [2.05, 4.69) is 19.2 Å². The van der Waals surface area contributed by atoms with Gasteiger partial charge >= 0.3 is 0 Å². The predicted molar refractivity (Wildman–Crippen MR) is 65.2 cm³/mol. The number of nitrogens with one attached hydrogen (secondary N) is 1. The van der Waals surface area contributed by atoms with Gasteiger partial charge in [0.1, 0.15) is 0 Å². The molecule has 1 rings (SSSR count). The first-order valence-electron chi connectivity index (χ1n) is 5.08. The molecule has 84 valence electrons. The maximum absolute atomic E-state index is 5.89. The Morgan fingerprint density at radius 2 is 2.07 bits per heavy atom. The van der Waals surface area contributed by atoms with E-state index in [-0.39, 0.29) is 5.54 Å². The van der Waals surface area contributed by atoms with Gasteiger partial charge in [-0.2, -0.15) is 0 Å². The zero-order valence-electron chi connectivity index (χ0n) is 9.92. The van der Waals surface area contributed by atoms with Crippen LogP contribution >= 0.6 is 0 Å². The van der Waals surface area contributed by atoms with E-state index in [1.165, 1.54) is 5.56 Å². The molecule has 0 bridgehead atoms. The van der Waals surface area contributed by atoms with Gasteiger partial charge in [-0.25, -0.2) is 0 Å². The van der Waals surface area contributed by atoms with Crippen molar-refractivity contribution >= 4 is 11.4 Å². The van der Waals surface area contributed by atoms with E-state index in [4.69, 9.17) is 10.5 Å². The largest absolute Gasteiger partial charge is 0.397 e. The van der Waals surface area contributed by atoms with Crippen LogP contribution in [0.25, 0.3) is 0 Å². The second-order valence-electron chi connectivity index (χ2n) is 4.53. The van der Waals surface area contributed by atoms with Crippen molar-refractivity contribution < 1.29 is 4.74 Å². The molecule has 0 amide bonds. The third-order valence-corrected chi connectivity index (χ3v) is 2.19. The first kappa shape index (κ1) is 11.9. The number of ether oxygens (including phenoxy) is 1. The smallest absolute Gasteiger partial charge is 0.0687 e. The van der Waals surface area contributed by atoms with Crippen LogP contribution in [-0.2, 0) is 4.74 Å². The average molecular weight is 208 g/mol. The predicted octanol–water partition coefficient (Wildman–Crippen LogP) is 2.41. The van der Waals surface area contributed by atoms with E-state index >= 15 is 0 Å². The topological polar surface area (TPSA) is 47.3 Å². The number of methoxy groups -OCH3 is 1. The lowest BCUT2D eigenvalue weighted by atomic mass is 10.1. The Hall–Kier alpha value is -1.22. The summed E-state index contributed by atoms with van der Waals surface area (Å²) in [7, 11) is 1.70. The quantitative estimate of drug-likeness (QED) is 0.747. The molecule has 1 aromatic rings. The Labute approximate surface area is 91.6 Å². The molecule has 0 spiro atoms. The fourth-order valence-corrected chi connectivity index (χ4v) is 1.54. The van der Waals surface area contributed by atoms with Gasteiger partial charge in [-0.1, -0.05) is 6.07 Å². The molecule has 3 heteroatoms. The lowest BCUT2D eigenvalue weighted by Crippen LogP contribution is -2.36. The second-order valence-corrected chi connectivity index (χ2v) is 4.53. The van der Waals surface area contributed by atoms with Gasteiger partial charge in [0, 0.05) is 7.11 Å². The normalized spacial score (nSPS) is 11.5. The van der Waals surface area contributed by atoms with Gasteiger partial charge in [0.15, 0.2) is 0 Å². The summed E-state index contributed by atoms with van der Waals surface area (Å²) in [6.07, 6.45) is 0. The van der Waals surface area contributed by atoms with E-state index in [9.17, 15) is 0 Å². The van der Waals surface area contributed by atoms with Crippen LogP contribution in [0, 0.1) is 6.92 Å². The molecule has 0 radical (unpaired) electrons. The van der Waals surface area contributed by atoms with Gasteiger partial charge < -0.3 is 15.8 Å². The maximum atomic E-state index is 5.89. The van der Waals surface area contributed by atoms with Crippen LogP contribution in [0.4, 0.5) is 11.4 Å². The van der Waals surface area contributed by atoms with Crippen LogP contribution in [0.1, 0.15) is 19.4 Å². The zero-order chi connectivity index (χ0) is 11.5. The van der Waals surface area contributed by atoms with Crippen molar-refractivity contribution in [1.82, 2.24) is 0 Å². The van der Waals surface area contributed by atoms with Gasteiger partial charge in [-0.3, -0.25) is 0 Å². The van der Waals surface area contributed by atoms with Crippen molar-refractivity contribution in [2.75, 3.05) is 24.8 Å². The van der Waals surface area contributed by atoms with Gasteiger partial charge in [0.25, 0.3) is 0 Å². The van der Waals surface area contributed by atoms with Gasteiger partial charge in [-0.05, 0) is 38.5 Å². The molecule has 15 heavy (non-hydrogen) atoms. The molecular formula is C12H20N2O. The summed E-state index contributed by atoms with van der Waals surface area (Å²) in [5, 5.41) is 3.38. The Morgan fingerprint density at radius 1 is 1.40 bits per heavy atom. The molecular weight excluding hydrogens is 188 g/mol. The molecule has 0 unspecified atom stereocenters. The number of rotatable bonds is 4. The van der Waals surface area contributed by atoms with Crippen LogP contribution in [-0.4, -0.2) is 19.3 Å². The number of nitrogens with two attached hydrogens (primary N) is 1. The van der Waals surface area contributed by atoms with Crippen LogP contribution in [0.3, 0.4) is 0 Å². The minimum absolute atomic E-state index is 0.114. The Balaban J connectivity index is 2.83. The SMILES string of the molecule is COCC(C)(C)Nc1cc(C)ccc1N. The lowest BCUT2D eigenvalue weighted by Gasteiger charge is -2.27. The highest BCUT2D eigenvalue weighted by molar-refractivity contribution is 5.67. The Morgan fingerprint density at radius 3 is 2.67 bits per heavy atom. The molecule has 3 N–H and O–H groups in total. The van der Waals surface area contributed by atoms with Crippen LogP contribution in [0.5, 0.6) is 0 Å². The monoisotopic (exact) mass is 208 g/mol. The highest BCUT2D eigenvalue weighted by Crippen LogP contribution is 2.23. The second kappa shape index (κ2) is 4.53. The summed E-state index contributed by atoms with van der Waals surface area (Å²) in [5.41, 5.74) is 8.71. The number of hydrogen-bond acceptors (Lipinski definition) is 3. The van der Waals surface area contributed by atoms with Gasteiger partial charge in [-0.15, -0.1) is 0 Å². The number of benzene rings is 1. The minimum Gasteiger partial charge on any atom is -0.397 e. The average Bonchev–Trinajstić information content (AvgIpc) is 2.10. The number of anilines is 2. The molecule has 0 saturated heterocycles. The van der Waals surface area contributed by atoms with E-state index in [1.54, 1.807) is 7.11 Å².